The number of nitrogens with one attached hydrogen (secondary N) is 1. The molecule has 0 aliphatic heterocycles. The minimum atomic E-state index is -0.126. The van der Waals surface area contributed by atoms with Crippen molar-refractivity contribution in [1.29, 1.82) is 0 Å². The van der Waals surface area contributed by atoms with Crippen LogP contribution in [0.2, 0.25) is 5.02 Å². The molecule has 108 valence electrons. The highest BCUT2D eigenvalue weighted by atomic mass is 35.5. The molecule has 2 aromatic rings. The van der Waals surface area contributed by atoms with Crippen LogP contribution in [0.4, 0.5) is 5.69 Å². The highest BCUT2D eigenvalue weighted by Crippen LogP contribution is 2.19. The van der Waals surface area contributed by atoms with Crippen LogP contribution < -0.4 is 11.1 Å². The van der Waals surface area contributed by atoms with Gasteiger partial charge in [0.1, 0.15) is 0 Å². The fourth-order valence-electron chi connectivity index (χ4n) is 1.87. The van der Waals surface area contributed by atoms with Gasteiger partial charge >= 0.3 is 0 Å². The van der Waals surface area contributed by atoms with Crippen LogP contribution in [0.15, 0.2) is 54.6 Å². The number of anilines is 1. The number of halogens is 1. The second-order valence-corrected chi connectivity index (χ2v) is 5.05. The molecule has 0 spiro atoms. The largest absolute Gasteiger partial charge is 0.398 e. The normalized spacial score (nSPS) is 10.7. The van der Waals surface area contributed by atoms with Gasteiger partial charge in [0, 0.05) is 12.6 Å². The zero-order valence-electron chi connectivity index (χ0n) is 11.6. The van der Waals surface area contributed by atoms with Crippen LogP contribution in [-0.4, -0.2) is 12.5 Å². The average Bonchev–Trinajstić information content (AvgIpc) is 2.49. The summed E-state index contributed by atoms with van der Waals surface area (Å²) in [4.78, 5) is 11.7. The number of carbonyl (C=O) groups excluding carboxylic acids is 1. The Morgan fingerprint density at radius 1 is 1.19 bits per heavy atom. The Morgan fingerprint density at radius 3 is 2.67 bits per heavy atom. The Hall–Kier alpha value is -2.26. The van der Waals surface area contributed by atoms with Crippen molar-refractivity contribution in [2.75, 3.05) is 12.3 Å². The van der Waals surface area contributed by atoms with Gasteiger partial charge in [-0.05, 0) is 35.8 Å². The van der Waals surface area contributed by atoms with Gasteiger partial charge in [-0.2, -0.15) is 0 Å². The lowest BCUT2D eigenvalue weighted by molar-refractivity contribution is -0.116. The van der Waals surface area contributed by atoms with Crippen molar-refractivity contribution < 1.29 is 4.79 Å². The van der Waals surface area contributed by atoms with E-state index in [0.717, 1.165) is 12.0 Å². The number of benzene rings is 2. The fraction of sp³-hybridized carbons (Fsp3) is 0.118. The van der Waals surface area contributed by atoms with Crippen molar-refractivity contribution in [3.63, 3.8) is 0 Å². The number of hydrogen-bond acceptors (Lipinski definition) is 2. The van der Waals surface area contributed by atoms with E-state index in [1.54, 1.807) is 18.2 Å². The highest BCUT2D eigenvalue weighted by Gasteiger charge is 1.98. The van der Waals surface area contributed by atoms with Crippen LogP contribution in [0.3, 0.4) is 0 Å². The maximum atomic E-state index is 11.7. The van der Waals surface area contributed by atoms with Gasteiger partial charge in [0.05, 0.1) is 10.7 Å². The van der Waals surface area contributed by atoms with E-state index >= 15 is 0 Å². The van der Waals surface area contributed by atoms with Crippen molar-refractivity contribution in [1.82, 2.24) is 5.32 Å². The van der Waals surface area contributed by atoms with Crippen LogP contribution in [0, 0.1) is 0 Å². The fourth-order valence-corrected chi connectivity index (χ4v) is 1.99. The Kier molecular flexibility index (Phi) is 5.41. The molecule has 0 saturated heterocycles. The predicted molar refractivity (Wildman–Crippen MR) is 88.1 cm³/mol. The van der Waals surface area contributed by atoms with Crippen LogP contribution in [-0.2, 0) is 11.2 Å². The van der Waals surface area contributed by atoms with Crippen molar-refractivity contribution in [3.05, 3.63) is 70.8 Å². The van der Waals surface area contributed by atoms with E-state index in [1.807, 2.05) is 36.4 Å². The molecule has 3 N–H and O–H groups in total. The van der Waals surface area contributed by atoms with Gasteiger partial charge in [-0.25, -0.2) is 0 Å². The summed E-state index contributed by atoms with van der Waals surface area (Å²) in [5, 5.41) is 3.36. The van der Waals surface area contributed by atoms with Gasteiger partial charge in [-0.3, -0.25) is 4.79 Å². The van der Waals surface area contributed by atoms with Crippen LogP contribution >= 0.6 is 11.6 Å². The van der Waals surface area contributed by atoms with E-state index in [4.69, 9.17) is 17.3 Å². The first-order chi connectivity index (χ1) is 10.1. The number of rotatable bonds is 5. The van der Waals surface area contributed by atoms with Gasteiger partial charge in [0.25, 0.3) is 0 Å². The maximum absolute atomic E-state index is 11.7. The summed E-state index contributed by atoms with van der Waals surface area (Å²) >= 11 is 5.84. The SMILES string of the molecule is Nc1cc(/C=C/C(=O)NCCc2ccccc2)ccc1Cl. The van der Waals surface area contributed by atoms with E-state index in [1.165, 1.54) is 11.6 Å². The molecule has 0 unspecified atom stereocenters. The minimum absolute atomic E-state index is 0.126. The Bertz CT molecular complexity index is 638. The first-order valence-corrected chi connectivity index (χ1v) is 7.08. The molecular formula is C17H17ClN2O. The van der Waals surface area contributed by atoms with E-state index in [-0.39, 0.29) is 5.91 Å². The van der Waals surface area contributed by atoms with Gasteiger partial charge in [0.15, 0.2) is 0 Å². The molecule has 1 amide bonds. The van der Waals surface area contributed by atoms with Crippen molar-refractivity contribution >= 4 is 29.3 Å². The second kappa shape index (κ2) is 7.50. The lowest BCUT2D eigenvalue weighted by Gasteiger charge is -2.03. The number of nitrogens with two attached hydrogens (primary N) is 1. The van der Waals surface area contributed by atoms with Gasteiger partial charge in [-0.15, -0.1) is 0 Å². The Labute approximate surface area is 129 Å². The standard InChI is InChI=1S/C17H17ClN2O/c18-15-8-6-14(12-16(15)19)7-9-17(21)20-11-10-13-4-2-1-3-5-13/h1-9,12H,10-11,19H2,(H,20,21)/b9-7+. The molecule has 3 nitrogen and oxygen atoms in total. The Morgan fingerprint density at radius 2 is 1.95 bits per heavy atom. The quantitative estimate of drug-likeness (QED) is 0.657. The van der Waals surface area contributed by atoms with Crippen LogP contribution in [0.1, 0.15) is 11.1 Å². The third-order valence-corrected chi connectivity index (χ3v) is 3.35. The minimum Gasteiger partial charge on any atom is -0.398 e. The summed E-state index contributed by atoms with van der Waals surface area (Å²) < 4.78 is 0. The van der Waals surface area contributed by atoms with Gasteiger partial charge < -0.3 is 11.1 Å². The maximum Gasteiger partial charge on any atom is 0.244 e. The van der Waals surface area contributed by atoms with Gasteiger partial charge in [0.2, 0.25) is 5.91 Å². The first-order valence-electron chi connectivity index (χ1n) is 6.70. The lowest BCUT2D eigenvalue weighted by Crippen LogP contribution is -2.23. The average molecular weight is 301 g/mol. The molecule has 2 aromatic carbocycles. The molecule has 0 aliphatic rings. The van der Waals surface area contributed by atoms with Crippen LogP contribution in [0.25, 0.3) is 6.08 Å². The molecule has 2 rings (SSSR count). The zero-order valence-corrected chi connectivity index (χ0v) is 12.3. The molecule has 0 aromatic heterocycles. The summed E-state index contributed by atoms with van der Waals surface area (Å²) in [7, 11) is 0. The van der Waals surface area contributed by atoms with E-state index in [9.17, 15) is 4.79 Å². The van der Waals surface area contributed by atoms with E-state index < -0.39 is 0 Å². The number of carbonyl (C=O) groups is 1. The lowest BCUT2D eigenvalue weighted by atomic mass is 10.1. The first kappa shape index (κ1) is 15.1. The summed E-state index contributed by atoms with van der Waals surface area (Å²) in [6.45, 7) is 0.607. The third-order valence-electron chi connectivity index (χ3n) is 3.00. The summed E-state index contributed by atoms with van der Waals surface area (Å²) in [5.74, 6) is -0.126. The molecule has 0 heterocycles. The van der Waals surface area contributed by atoms with Crippen molar-refractivity contribution in [3.8, 4) is 0 Å². The summed E-state index contributed by atoms with van der Waals surface area (Å²) in [6, 6.07) is 15.3. The molecular weight excluding hydrogens is 284 g/mol. The third kappa shape index (κ3) is 4.97. The predicted octanol–water partition coefficient (Wildman–Crippen LogP) is 3.29. The molecule has 0 atom stereocenters. The molecule has 0 saturated carbocycles. The molecule has 4 heteroatoms. The summed E-state index contributed by atoms with van der Waals surface area (Å²) in [5.41, 5.74) is 8.25. The monoisotopic (exact) mass is 300 g/mol. The number of nitrogen functional groups attached to an aromatic ring is 1. The Balaban J connectivity index is 1.81. The molecule has 0 bridgehead atoms. The van der Waals surface area contributed by atoms with Crippen molar-refractivity contribution in [2.24, 2.45) is 0 Å². The van der Waals surface area contributed by atoms with Gasteiger partial charge in [-0.1, -0.05) is 48.0 Å². The summed E-state index contributed by atoms with van der Waals surface area (Å²) in [6.07, 6.45) is 4.02. The molecule has 0 aliphatic carbocycles. The van der Waals surface area contributed by atoms with Crippen LogP contribution in [0.5, 0.6) is 0 Å². The second-order valence-electron chi connectivity index (χ2n) is 4.64. The molecule has 0 fully saturated rings. The topological polar surface area (TPSA) is 55.1 Å². The number of amides is 1. The van der Waals surface area contributed by atoms with E-state index in [2.05, 4.69) is 5.32 Å². The smallest absolute Gasteiger partial charge is 0.244 e. The van der Waals surface area contributed by atoms with Crippen molar-refractivity contribution in [2.45, 2.75) is 6.42 Å². The molecule has 21 heavy (non-hydrogen) atoms. The zero-order chi connectivity index (χ0) is 15.1. The number of hydrogen-bond donors (Lipinski definition) is 2. The van der Waals surface area contributed by atoms with E-state index in [0.29, 0.717) is 17.3 Å². The molecule has 0 radical (unpaired) electrons. The highest BCUT2D eigenvalue weighted by molar-refractivity contribution is 6.33.